The lowest BCUT2D eigenvalue weighted by atomic mass is 10.1. The van der Waals surface area contributed by atoms with Gasteiger partial charge in [-0.1, -0.05) is 18.2 Å². The molecule has 0 saturated heterocycles. The largest absolute Gasteiger partial charge is 0.469 e. The normalized spacial score (nSPS) is 10.6. The molecule has 0 bridgehead atoms. The van der Waals surface area contributed by atoms with Crippen LogP contribution in [0.4, 0.5) is 0 Å². The van der Waals surface area contributed by atoms with Crippen molar-refractivity contribution in [2.75, 3.05) is 20.7 Å². The van der Waals surface area contributed by atoms with Crippen molar-refractivity contribution in [3.63, 3.8) is 0 Å². The van der Waals surface area contributed by atoms with E-state index < -0.39 is 0 Å². The summed E-state index contributed by atoms with van der Waals surface area (Å²) >= 11 is 0. The summed E-state index contributed by atoms with van der Waals surface area (Å²) < 4.78 is 10.2. The van der Waals surface area contributed by atoms with E-state index >= 15 is 0 Å². The zero-order valence-corrected chi connectivity index (χ0v) is 12.5. The molecule has 0 aliphatic heterocycles. The van der Waals surface area contributed by atoms with Gasteiger partial charge in [-0.2, -0.15) is 0 Å². The van der Waals surface area contributed by atoms with E-state index in [9.17, 15) is 9.59 Å². The molecule has 0 unspecified atom stereocenters. The molecule has 0 aliphatic rings. The molecular formula is C16H19NO4. The van der Waals surface area contributed by atoms with Gasteiger partial charge in [-0.3, -0.25) is 9.59 Å². The molecule has 0 radical (unpaired) electrons. The van der Waals surface area contributed by atoms with Crippen molar-refractivity contribution in [1.82, 2.24) is 4.90 Å². The van der Waals surface area contributed by atoms with Crippen LogP contribution in [0.25, 0.3) is 11.0 Å². The Bertz CT molecular complexity index is 659. The van der Waals surface area contributed by atoms with Crippen LogP contribution in [0.15, 0.2) is 28.7 Å². The van der Waals surface area contributed by atoms with Crippen molar-refractivity contribution in [3.8, 4) is 0 Å². The average Bonchev–Trinajstić information content (AvgIpc) is 2.83. The second kappa shape index (κ2) is 6.43. The number of hydrogen-bond donors (Lipinski definition) is 0. The molecule has 1 aromatic carbocycles. The van der Waals surface area contributed by atoms with E-state index in [4.69, 9.17) is 4.42 Å². The third kappa shape index (κ3) is 3.24. The van der Waals surface area contributed by atoms with Gasteiger partial charge in [-0.05, 0) is 19.4 Å². The number of amides is 1. The molecular weight excluding hydrogens is 270 g/mol. The predicted octanol–water partition coefficient (Wildman–Crippen LogP) is 2.77. The number of esters is 1. The molecule has 21 heavy (non-hydrogen) atoms. The van der Waals surface area contributed by atoms with Crippen molar-refractivity contribution in [2.24, 2.45) is 0 Å². The quantitative estimate of drug-likeness (QED) is 0.794. The van der Waals surface area contributed by atoms with Crippen LogP contribution >= 0.6 is 0 Å². The summed E-state index contributed by atoms with van der Waals surface area (Å²) in [5.74, 6) is -0.0823. The minimum atomic E-state index is -0.268. The molecule has 0 N–H and O–H groups in total. The minimum absolute atomic E-state index is 0.173. The first-order valence-corrected chi connectivity index (χ1v) is 6.85. The number of para-hydroxylation sites is 1. The predicted molar refractivity (Wildman–Crippen MR) is 79.2 cm³/mol. The molecule has 112 valence electrons. The fourth-order valence-electron chi connectivity index (χ4n) is 2.22. The number of carbonyl (C=O) groups is 2. The molecule has 1 aromatic heterocycles. The maximum atomic E-state index is 12.4. The Kier molecular flexibility index (Phi) is 4.62. The summed E-state index contributed by atoms with van der Waals surface area (Å²) in [6.45, 7) is 2.35. The minimum Gasteiger partial charge on any atom is -0.469 e. The topological polar surface area (TPSA) is 59.8 Å². The van der Waals surface area contributed by atoms with E-state index in [0.29, 0.717) is 30.7 Å². The Labute approximate surface area is 123 Å². The van der Waals surface area contributed by atoms with Gasteiger partial charge in [0.15, 0.2) is 5.76 Å². The van der Waals surface area contributed by atoms with Crippen molar-refractivity contribution in [3.05, 3.63) is 35.6 Å². The zero-order valence-electron chi connectivity index (χ0n) is 12.5. The third-order valence-electron chi connectivity index (χ3n) is 3.49. The summed E-state index contributed by atoms with van der Waals surface area (Å²) in [6, 6.07) is 7.57. The van der Waals surface area contributed by atoms with Gasteiger partial charge in [0.1, 0.15) is 5.58 Å². The van der Waals surface area contributed by atoms with E-state index in [1.54, 1.807) is 11.9 Å². The fraction of sp³-hybridized carbons (Fsp3) is 0.375. The molecule has 0 aliphatic carbocycles. The smallest absolute Gasteiger partial charge is 0.305 e. The van der Waals surface area contributed by atoms with E-state index in [0.717, 1.165) is 10.9 Å². The molecule has 5 heteroatoms. The number of hydrogen-bond acceptors (Lipinski definition) is 4. The second-order valence-electron chi connectivity index (χ2n) is 4.96. The van der Waals surface area contributed by atoms with Gasteiger partial charge in [-0.15, -0.1) is 0 Å². The Morgan fingerprint density at radius 3 is 2.67 bits per heavy atom. The van der Waals surface area contributed by atoms with Crippen molar-refractivity contribution < 1.29 is 18.7 Å². The van der Waals surface area contributed by atoms with Gasteiger partial charge >= 0.3 is 5.97 Å². The highest BCUT2D eigenvalue weighted by Gasteiger charge is 2.20. The van der Waals surface area contributed by atoms with Crippen molar-refractivity contribution in [2.45, 2.75) is 19.8 Å². The molecule has 1 heterocycles. The van der Waals surface area contributed by atoms with Crippen LogP contribution in [0.5, 0.6) is 0 Å². The number of furan rings is 1. The van der Waals surface area contributed by atoms with Gasteiger partial charge in [0.25, 0.3) is 5.91 Å². The molecule has 0 saturated carbocycles. The standard InChI is InChI=1S/C16H19NO4/c1-11-12-7-4-5-8-13(12)21-15(11)16(19)17(2)10-6-9-14(18)20-3/h4-5,7-8H,6,9-10H2,1-3H3. The highest BCUT2D eigenvalue weighted by Crippen LogP contribution is 2.25. The molecule has 2 rings (SSSR count). The number of benzene rings is 1. The lowest BCUT2D eigenvalue weighted by molar-refractivity contribution is -0.140. The van der Waals surface area contributed by atoms with Gasteiger partial charge < -0.3 is 14.1 Å². The second-order valence-corrected chi connectivity index (χ2v) is 4.96. The fourth-order valence-corrected chi connectivity index (χ4v) is 2.22. The van der Waals surface area contributed by atoms with Gasteiger partial charge in [0.05, 0.1) is 7.11 Å². The SMILES string of the molecule is COC(=O)CCCN(C)C(=O)c1oc2ccccc2c1C. The Morgan fingerprint density at radius 1 is 1.29 bits per heavy atom. The highest BCUT2D eigenvalue weighted by atomic mass is 16.5. The first-order valence-electron chi connectivity index (χ1n) is 6.85. The van der Waals surface area contributed by atoms with Crippen LogP contribution in [0.1, 0.15) is 29.0 Å². The Balaban J connectivity index is 2.07. The first kappa shape index (κ1) is 15.1. The number of nitrogens with zero attached hydrogens (tertiary/aromatic N) is 1. The summed E-state index contributed by atoms with van der Waals surface area (Å²) in [7, 11) is 3.06. The lowest BCUT2D eigenvalue weighted by Gasteiger charge is -2.15. The van der Waals surface area contributed by atoms with Crippen LogP contribution < -0.4 is 0 Å². The Morgan fingerprint density at radius 2 is 2.00 bits per heavy atom. The van der Waals surface area contributed by atoms with Crippen LogP contribution in [-0.4, -0.2) is 37.5 Å². The maximum Gasteiger partial charge on any atom is 0.305 e. The van der Waals surface area contributed by atoms with Crippen LogP contribution in [0, 0.1) is 6.92 Å². The molecule has 0 atom stereocenters. The monoisotopic (exact) mass is 289 g/mol. The average molecular weight is 289 g/mol. The summed E-state index contributed by atoms with van der Waals surface area (Å²) in [5.41, 5.74) is 1.55. The molecule has 1 amide bonds. The van der Waals surface area contributed by atoms with Crippen LogP contribution in [-0.2, 0) is 9.53 Å². The third-order valence-corrected chi connectivity index (χ3v) is 3.49. The summed E-state index contributed by atoms with van der Waals surface area (Å²) in [4.78, 5) is 25.0. The molecule has 0 fully saturated rings. The van der Waals surface area contributed by atoms with Gasteiger partial charge in [0, 0.05) is 31.0 Å². The molecule has 0 spiro atoms. The number of methoxy groups -OCH3 is 1. The maximum absolute atomic E-state index is 12.4. The summed E-state index contributed by atoms with van der Waals surface area (Å²) in [6.07, 6.45) is 0.863. The van der Waals surface area contributed by atoms with Crippen LogP contribution in [0.3, 0.4) is 0 Å². The lowest BCUT2D eigenvalue weighted by Crippen LogP contribution is -2.28. The number of fused-ring (bicyclic) bond motifs is 1. The van der Waals surface area contributed by atoms with Gasteiger partial charge in [0.2, 0.25) is 0 Å². The molecule has 2 aromatic rings. The van der Waals surface area contributed by atoms with Crippen molar-refractivity contribution in [1.29, 1.82) is 0 Å². The molecule has 5 nitrogen and oxygen atoms in total. The first-order chi connectivity index (χ1) is 10.0. The van der Waals surface area contributed by atoms with Crippen molar-refractivity contribution >= 4 is 22.8 Å². The zero-order chi connectivity index (χ0) is 15.4. The Hall–Kier alpha value is -2.30. The summed E-state index contributed by atoms with van der Waals surface area (Å²) in [5, 5.41) is 0.948. The number of aryl methyl sites for hydroxylation is 1. The van der Waals surface area contributed by atoms with Gasteiger partial charge in [-0.25, -0.2) is 0 Å². The number of ether oxygens (including phenoxy) is 1. The van der Waals surface area contributed by atoms with E-state index in [1.165, 1.54) is 7.11 Å². The van der Waals surface area contributed by atoms with Crippen LogP contribution in [0.2, 0.25) is 0 Å². The van der Waals surface area contributed by atoms with E-state index in [2.05, 4.69) is 4.74 Å². The van der Waals surface area contributed by atoms with E-state index in [-0.39, 0.29) is 11.9 Å². The van der Waals surface area contributed by atoms with E-state index in [1.807, 2.05) is 31.2 Å². The number of carbonyl (C=O) groups excluding carboxylic acids is 2. The number of rotatable bonds is 5. The highest BCUT2D eigenvalue weighted by molar-refractivity contribution is 5.98.